The molecule has 1 N–H and O–H groups in total. The highest BCUT2D eigenvalue weighted by Crippen LogP contribution is 2.21. The molecule has 0 aliphatic rings. The molecule has 1 rings (SSSR count). The van der Waals surface area contributed by atoms with E-state index in [0.717, 1.165) is 5.56 Å². The van der Waals surface area contributed by atoms with Crippen LogP contribution in [0.4, 0.5) is 13.2 Å². The van der Waals surface area contributed by atoms with Gasteiger partial charge in [0, 0.05) is 13.0 Å². The van der Waals surface area contributed by atoms with Gasteiger partial charge < -0.3 is 5.32 Å². The van der Waals surface area contributed by atoms with Crippen molar-refractivity contribution < 1.29 is 18.0 Å². The number of halogens is 3. The molecule has 1 aromatic rings. The molecule has 17 heavy (non-hydrogen) atoms. The zero-order valence-electron chi connectivity index (χ0n) is 9.26. The molecular formula is C12H14F3NO. The molecule has 0 saturated carbocycles. The molecule has 0 spiro atoms. The van der Waals surface area contributed by atoms with Crippen molar-refractivity contribution in [2.75, 3.05) is 6.54 Å². The fourth-order valence-electron chi connectivity index (χ4n) is 1.31. The maximum absolute atomic E-state index is 11.8. The second kappa shape index (κ2) is 6.39. The van der Waals surface area contributed by atoms with E-state index in [4.69, 9.17) is 0 Å². The number of hydrogen-bond acceptors (Lipinski definition) is 2. The van der Waals surface area contributed by atoms with Gasteiger partial charge in [-0.3, -0.25) is 4.79 Å². The van der Waals surface area contributed by atoms with Gasteiger partial charge in [-0.2, -0.15) is 13.2 Å². The fraction of sp³-hybridized carbons (Fsp3) is 0.417. The van der Waals surface area contributed by atoms with Crippen molar-refractivity contribution in [1.82, 2.24) is 5.32 Å². The molecular weight excluding hydrogens is 231 g/mol. The van der Waals surface area contributed by atoms with Gasteiger partial charge in [-0.1, -0.05) is 30.3 Å². The van der Waals surface area contributed by atoms with Gasteiger partial charge in [0.1, 0.15) is 5.78 Å². The molecule has 0 aromatic heterocycles. The summed E-state index contributed by atoms with van der Waals surface area (Å²) >= 11 is 0. The minimum absolute atomic E-state index is 0.0228. The lowest BCUT2D eigenvalue weighted by Gasteiger charge is -2.06. The first-order valence-corrected chi connectivity index (χ1v) is 5.30. The van der Waals surface area contributed by atoms with Crippen LogP contribution < -0.4 is 5.32 Å². The summed E-state index contributed by atoms with van der Waals surface area (Å²) in [5, 5.41) is 2.82. The lowest BCUT2D eigenvalue weighted by molar-refractivity contribution is -0.142. The van der Waals surface area contributed by atoms with Crippen molar-refractivity contribution >= 4 is 5.78 Å². The minimum Gasteiger partial charge on any atom is -0.306 e. The highest BCUT2D eigenvalue weighted by atomic mass is 19.4. The smallest absolute Gasteiger partial charge is 0.306 e. The first-order valence-electron chi connectivity index (χ1n) is 5.30. The van der Waals surface area contributed by atoms with Gasteiger partial charge in [-0.05, 0) is 5.56 Å². The third-order valence-corrected chi connectivity index (χ3v) is 2.18. The van der Waals surface area contributed by atoms with Gasteiger partial charge in [-0.25, -0.2) is 0 Å². The van der Waals surface area contributed by atoms with Crippen molar-refractivity contribution in [3.63, 3.8) is 0 Å². The molecule has 0 aliphatic carbocycles. The van der Waals surface area contributed by atoms with Crippen molar-refractivity contribution in [2.24, 2.45) is 0 Å². The molecule has 0 atom stereocenters. The highest BCUT2D eigenvalue weighted by molar-refractivity contribution is 5.80. The average molecular weight is 245 g/mol. The number of alkyl halides is 3. The van der Waals surface area contributed by atoms with Crippen LogP contribution in [0.5, 0.6) is 0 Å². The lowest BCUT2D eigenvalue weighted by atomic mass is 10.2. The fourth-order valence-corrected chi connectivity index (χ4v) is 1.31. The van der Waals surface area contributed by atoms with Gasteiger partial charge >= 0.3 is 6.18 Å². The van der Waals surface area contributed by atoms with Gasteiger partial charge in [-0.15, -0.1) is 0 Å². The molecule has 0 heterocycles. The maximum Gasteiger partial charge on any atom is 0.389 e. The Labute approximate surface area is 97.8 Å². The van der Waals surface area contributed by atoms with Crippen molar-refractivity contribution in [1.29, 1.82) is 0 Å². The van der Waals surface area contributed by atoms with Crippen LogP contribution in [-0.2, 0) is 11.3 Å². The Kier molecular flexibility index (Phi) is 5.15. The summed E-state index contributed by atoms with van der Waals surface area (Å²) in [6, 6.07) is 9.36. The number of benzene rings is 1. The van der Waals surface area contributed by atoms with Crippen LogP contribution >= 0.6 is 0 Å². The third-order valence-electron chi connectivity index (χ3n) is 2.18. The van der Waals surface area contributed by atoms with E-state index >= 15 is 0 Å². The number of rotatable bonds is 6. The first-order chi connectivity index (χ1) is 7.97. The van der Waals surface area contributed by atoms with Crippen LogP contribution in [0.1, 0.15) is 18.4 Å². The number of Topliss-reactive ketones (excluding diaryl/α,β-unsaturated/α-hetero) is 1. The van der Waals surface area contributed by atoms with E-state index in [0.29, 0.717) is 6.54 Å². The van der Waals surface area contributed by atoms with E-state index in [1.54, 1.807) is 0 Å². The molecule has 0 saturated heterocycles. The molecule has 2 nitrogen and oxygen atoms in total. The summed E-state index contributed by atoms with van der Waals surface area (Å²) in [7, 11) is 0. The van der Waals surface area contributed by atoms with E-state index in [9.17, 15) is 18.0 Å². The molecule has 0 bridgehead atoms. The van der Waals surface area contributed by atoms with Gasteiger partial charge in [0.05, 0.1) is 13.0 Å². The average Bonchev–Trinajstić information content (AvgIpc) is 2.27. The molecule has 0 aliphatic heterocycles. The summed E-state index contributed by atoms with van der Waals surface area (Å²) in [5.74, 6) is -0.418. The third kappa shape index (κ3) is 6.73. The molecule has 0 amide bonds. The number of carbonyl (C=O) groups is 1. The Morgan fingerprint density at radius 3 is 2.41 bits per heavy atom. The van der Waals surface area contributed by atoms with Gasteiger partial charge in [0.2, 0.25) is 0 Å². The molecule has 0 radical (unpaired) electrons. The summed E-state index contributed by atoms with van der Waals surface area (Å²) in [6.45, 7) is 0.462. The van der Waals surface area contributed by atoms with Crippen LogP contribution in [-0.4, -0.2) is 18.5 Å². The van der Waals surface area contributed by atoms with Crippen LogP contribution in [0, 0.1) is 0 Å². The van der Waals surface area contributed by atoms with E-state index in [1.807, 2.05) is 30.3 Å². The van der Waals surface area contributed by atoms with Gasteiger partial charge in [0.25, 0.3) is 0 Å². The molecule has 5 heteroatoms. The Hall–Kier alpha value is -1.36. The second-order valence-electron chi connectivity index (χ2n) is 3.74. The Morgan fingerprint density at radius 1 is 1.18 bits per heavy atom. The zero-order valence-corrected chi connectivity index (χ0v) is 9.26. The highest BCUT2D eigenvalue weighted by Gasteiger charge is 2.27. The normalized spacial score (nSPS) is 11.5. The van der Waals surface area contributed by atoms with E-state index in [-0.39, 0.29) is 6.54 Å². The monoisotopic (exact) mass is 245 g/mol. The predicted molar refractivity (Wildman–Crippen MR) is 58.4 cm³/mol. The van der Waals surface area contributed by atoms with Crippen LogP contribution in [0.3, 0.4) is 0 Å². The van der Waals surface area contributed by atoms with E-state index < -0.39 is 24.8 Å². The number of carbonyl (C=O) groups excluding carboxylic acids is 1. The summed E-state index contributed by atoms with van der Waals surface area (Å²) in [4.78, 5) is 11.1. The predicted octanol–water partition coefficient (Wildman–Crippen LogP) is 2.69. The summed E-state index contributed by atoms with van der Waals surface area (Å²) < 4.78 is 35.5. The van der Waals surface area contributed by atoms with Gasteiger partial charge in [0.15, 0.2) is 0 Å². The van der Waals surface area contributed by atoms with Crippen LogP contribution in [0.15, 0.2) is 30.3 Å². The maximum atomic E-state index is 11.8. The molecule has 1 aromatic carbocycles. The Morgan fingerprint density at radius 2 is 1.82 bits per heavy atom. The molecule has 0 fully saturated rings. The zero-order chi connectivity index (χ0) is 12.7. The standard InChI is InChI=1S/C12H14F3NO/c13-12(14,15)7-6-11(17)9-16-8-10-4-2-1-3-5-10/h1-5,16H,6-9H2. The summed E-state index contributed by atoms with van der Waals surface area (Å²) in [5.41, 5.74) is 0.996. The lowest BCUT2D eigenvalue weighted by Crippen LogP contribution is -2.23. The molecule has 94 valence electrons. The quantitative estimate of drug-likeness (QED) is 0.834. The number of nitrogens with one attached hydrogen (secondary N) is 1. The largest absolute Gasteiger partial charge is 0.389 e. The van der Waals surface area contributed by atoms with Crippen molar-refractivity contribution in [3.8, 4) is 0 Å². The summed E-state index contributed by atoms with van der Waals surface area (Å²) in [6.07, 6.45) is -5.75. The Balaban J connectivity index is 2.17. The van der Waals surface area contributed by atoms with Crippen molar-refractivity contribution in [3.05, 3.63) is 35.9 Å². The number of hydrogen-bond donors (Lipinski definition) is 1. The minimum atomic E-state index is -4.25. The van der Waals surface area contributed by atoms with Crippen LogP contribution in [0.25, 0.3) is 0 Å². The first kappa shape index (κ1) is 13.7. The SMILES string of the molecule is O=C(CCC(F)(F)F)CNCc1ccccc1. The van der Waals surface area contributed by atoms with E-state index in [1.165, 1.54) is 0 Å². The van der Waals surface area contributed by atoms with Crippen LogP contribution in [0.2, 0.25) is 0 Å². The van der Waals surface area contributed by atoms with E-state index in [2.05, 4.69) is 5.32 Å². The number of ketones is 1. The Bertz CT molecular complexity index is 349. The topological polar surface area (TPSA) is 29.1 Å². The van der Waals surface area contributed by atoms with Crippen molar-refractivity contribution in [2.45, 2.75) is 25.6 Å². The molecule has 0 unspecified atom stereocenters. The second-order valence-corrected chi connectivity index (χ2v) is 3.74.